The average Bonchev–Trinajstić information content (AvgIpc) is 2.46. The van der Waals surface area contributed by atoms with Crippen LogP contribution in [0.4, 0.5) is 11.4 Å². The minimum Gasteiger partial charge on any atom is -0.370 e. The van der Waals surface area contributed by atoms with Gasteiger partial charge in [-0.1, -0.05) is 28.1 Å². The van der Waals surface area contributed by atoms with Gasteiger partial charge in [0, 0.05) is 29.8 Å². The van der Waals surface area contributed by atoms with Gasteiger partial charge in [0.2, 0.25) is 0 Å². The molecule has 0 bridgehead atoms. The van der Waals surface area contributed by atoms with Gasteiger partial charge in [0.25, 0.3) is 5.69 Å². The van der Waals surface area contributed by atoms with Crippen molar-refractivity contribution in [2.75, 3.05) is 11.9 Å². The molecule has 0 saturated carbocycles. The second kappa shape index (κ2) is 6.37. The summed E-state index contributed by atoms with van der Waals surface area (Å²) in [5, 5.41) is 19.8. The summed E-state index contributed by atoms with van der Waals surface area (Å²) in [7, 11) is 1.88. The molecule has 0 aliphatic heterocycles. The van der Waals surface area contributed by atoms with E-state index in [0.717, 1.165) is 15.7 Å². The molecule has 0 aliphatic rings. The number of nitrogens with zero attached hydrogens (tertiary/aromatic N) is 3. The average molecular weight is 346 g/mol. The van der Waals surface area contributed by atoms with E-state index in [1.807, 2.05) is 42.3 Å². The Balaban J connectivity index is 2.26. The zero-order valence-corrected chi connectivity index (χ0v) is 12.9. The molecular weight excluding hydrogens is 334 g/mol. The predicted molar refractivity (Wildman–Crippen MR) is 84.1 cm³/mol. The van der Waals surface area contributed by atoms with E-state index in [-0.39, 0.29) is 11.3 Å². The molecule has 2 rings (SSSR count). The largest absolute Gasteiger partial charge is 0.370 e. The third kappa shape index (κ3) is 3.58. The first-order valence-corrected chi connectivity index (χ1v) is 6.94. The SMILES string of the molecule is CN(Cc1cccc(Br)c1)c1ccc([N+](=O)[O-])c(C#N)c1. The van der Waals surface area contributed by atoms with Gasteiger partial charge in [-0.05, 0) is 29.8 Å². The lowest BCUT2D eigenvalue weighted by atomic mass is 10.1. The van der Waals surface area contributed by atoms with Crippen molar-refractivity contribution in [3.05, 3.63) is 68.2 Å². The molecule has 0 fully saturated rings. The number of hydrogen-bond donors (Lipinski definition) is 0. The van der Waals surface area contributed by atoms with E-state index >= 15 is 0 Å². The lowest BCUT2D eigenvalue weighted by Gasteiger charge is -2.19. The van der Waals surface area contributed by atoms with Gasteiger partial charge in [0.15, 0.2) is 0 Å². The van der Waals surface area contributed by atoms with E-state index in [0.29, 0.717) is 6.54 Å². The fourth-order valence-electron chi connectivity index (χ4n) is 2.01. The van der Waals surface area contributed by atoms with Crippen molar-refractivity contribution < 1.29 is 4.92 Å². The van der Waals surface area contributed by atoms with Crippen LogP contribution in [-0.2, 0) is 6.54 Å². The van der Waals surface area contributed by atoms with E-state index < -0.39 is 4.92 Å². The van der Waals surface area contributed by atoms with Crippen molar-refractivity contribution in [1.82, 2.24) is 0 Å². The van der Waals surface area contributed by atoms with Gasteiger partial charge < -0.3 is 4.90 Å². The van der Waals surface area contributed by atoms with Gasteiger partial charge in [-0.2, -0.15) is 5.26 Å². The zero-order valence-electron chi connectivity index (χ0n) is 11.3. The molecule has 0 spiro atoms. The highest BCUT2D eigenvalue weighted by Gasteiger charge is 2.15. The van der Waals surface area contributed by atoms with Crippen LogP contribution in [0.3, 0.4) is 0 Å². The Kier molecular flexibility index (Phi) is 4.55. The molecule has 0 atom stereocenters. The van der Waals surface area contributed by atoms with Crippen LogP contribution in [0.1, 0.15) is 11.1 Å². The highest BCUT2D eigenvalue weighted by molar-refractivity contribution is 9.10. The smallest absolute Gasteiger partial charge is 0.287 e. The molecule has 5 nitrogen and oxygen atoms in total. The van der Waals surface area contributed by atoms with Gasteiger partial charge >= 0.3 is 0 Å². The van der Waals surface area contributed by atoms with Gasteiger partial charge in [0.05, 0.1) is 4.92 Å². The van der Waals surface area contributed by atoms with Crippen molar-refractivity contribution in [3.8, 4) is 6.07 Å². The lowest BCUT2D eigenvalue weighted by Crippen LogP contribution is -2.16. The number of nitro groups is 1. The van der Waals surface area contributed by atoms with E-state index in [1.54, 1.807) is 6.07 Å². The fraction of sp³-hybridized carbons (Fsp3) is 0.133. The first-order chi connectivity index (χ1) is 10.0. The van der Waals surface area contributed by atoms with Crippen molar-refractivity contribution in [3.63, 3.8) is 0 Å². The number of nitro benzene ring substituents is 1. The van der Waals surface area contributed by atoms with Crippen LogP contribution in [0.15, 0.2) is 46.9 Å². The molecule has 0 radical (unpaired) electrons. The van der Waals surface area contributed by atoms with Crippen LogP contribution in [0, 0.1) is 21.4 Å². The molecular formula is C15H12BrN3O2. The molecule has 0 saturated heterocycles. The van der Waals surface area contributed by atoms with Gasteiger partial charge in [0.1, 0.15) is 11.6 Å². The number of hydrogen-bond acceptors (Lipinski definition) is 4. The van der Waals surface area contributed by atoms with Crippen molar-refractivity contribution in [1.29, 1.82) is 5.26 Å². The molecule has 0 unspecified atom stereocenters. The second-order valence-corrected chi connectivity index (χ2v) is 5.47. The summed E-state index contributed by atoms with van der Waals surface area (Å²) >= 11 is 3.42. The van der Waals surface area contributed by atoms with Crippen LogP contribution in [0.2, 0.25) is 0 Å². The molecule has 2 aromatic carbocycles. The molecule has 106 valence electrons. The summed E-state index contributed by atoms with van der Waals surface area (Å²) in [5.41, 5.74) is 1.76. The number of anilines is 1. The highest BCUT2D eigenvalue weighted by Crippen LogP contribution is 2.25. The number of halogens is 1. The van der Waals surface area contributed by atoms with Gasteiger partial charge in [-0.25, -0.2) is 0 Å². The first kappa shape index (κ1) is 15.0. The molecule has 0 aromatic heterocycles. The Morgan fingerprint density at radius 2 is 2.10 bits per heavy atom. The Labute approximate surface area is 130 Å². The maximum absolute atomic E-state index is 10.8. The third-order valence-electron chi connectivity index (χ3n) is 3.05. The molecule has 21 heavy (non-hydrogen) atoms. The Hall–Kier alpha value is -2.39. The van der Waals surface area contributed by atoms with Crippen molar-refractivity contribution in [2.45, 2.75) is 6.54 Å². The van der Waals surface area contributed by atoms with Crippen LogP contribution in [-0.4, -0.2) is 12.0 Å². The summed E-state index contributed by atoms with van der Waals surface area (Å²) in [6.45, 7) is 0.641. The first-order valence-electron chi connectivity index (χ1n) is 6.15. The zero-order chi connectivity index (χ0) is 15.4. The summed E-state index contributed by atoms with van der Waals surface area (Å²) in [5.74, 6) is 0. The highest BCUT2D eigenvalue weighted by atomic mass is 79.9. The molecule has 0 N–H and O–H groups in total. The van der Waals surface area contributed by atoms with E-state index in [2.05, 4.69) is 15.9 Å². The molecule has 2 aromatic rings. The monoisotopic (exact) mass is 345 g/mol. The fourth-order valence-corrected chi connectivity index (χ4v) is 2.46. The van der Waals surface area contributed by atoms with Gasteiger partial charge in [-0.15, -0.1) is 0 Å². The predicted octanol–water partition coefficient (Wildman–Crippen LogP) is 3.87. The summed E-state index contributed by atoms with van der Waals surface area (Å²) in [6.07, 6.45) is 0. The number of nitriles is 1. The topological polar surface area (TPSA) is 70.2 Å². The third-order valence-corrected chi connectivity index (χ3v) is 3.54. The second-order valence-electron chi connectivity index (χ2n) is 4.56. The standard InChI is InChI=1S/C15H12BrN3O2/c1-18(10-11-3-2-4-13(16)7-11)14-5-6-15(19(20)21)12(8-14)9-17/h2-8H,10H2,1H3. The van der Waals surface area contributed by atoms with E-state index in [9.17, 15) is 10.1 Å². The lowest BCUT2D eigenvalue weighted by molar-refractivity contribution is -0.385. The summed E-state index contributed by atoms with van der Waals surface area (Å²) in [4.78, 5) is 12.2. The van der Waals surface area contributed by atoms with E-state index in [4.69, 9.17) is 5.26 Å². The quantitative estimate of drug-likeness (QED) is 0.623. The summed E-state index contributed by atoms with van der Waals surface area (Å²) in [6, 6.07) is 14.3. The van der Waals surface area contributed by atoms with Crippen LogP contribution < -0.4 is 4.90 Å². The summed E-state index contributed by atoms with van der Waals surface area (Å²) < 4.78 is 0.995. The van der Waals surface area contributed by atoms with Crippen LogP contribution in [0.25, 0.3) is 0 Å². The minimum atomic E-state index is -0.545. The van der Waals surface area contributed by atoms with Crippen LogP contribution >= 0.6 is 15.9 Å². The van der Waals surface area contributed by atoms with Crippen molar-refractivity contribution >= 4 is 27.3 Å². The van der Waals surface area contributed by atoms with Gasteiger partial charge in [-0.3, -0.25) is 10.1 Å². The Morgan fingerprint density at radius 3 is 2.71 bits per heavy atom. The normalized spacial score (nSPS) is 9.95. The maximum Gasteiger partial charge on any atom is 0.287 e. The Morgan fingerprint density at radius 1 is 1.33 bits per heavy atom. The van der Waals surface area contributed by atoms with Crippen molar-refractivity contribution in [2.24, 2.45) is 0 Å². The van der Waals surface area contributed by atoms with E-state index in [1.165, 1.54) is 12.1 Å². The van der Waals surface area contributed by atoms with Crippen LogP contribution in [0.5, 0.6) is 0 Å². The Bertz CT molecular complexity index is 725. The molecule has 6 heteroatoms. The number of benzene rings is 2. The molecule has 0 amide bonds. The molecule has 0 aliphatic carbocycles. The molecule has 0 heterocycles. The minimum absolute atomic E-state index is 0.0681. The maximum atomic E-state index is 10.8. The number of rotatable bonds is 4.